The smallest absolute Gasteiger partial charge is 0.340 e. The topological polar surface area (TPSA) is 39.2 Å². The third-order valence-electron chi connectivity index (χ3n) is 4.69. The number of ether oxygens (including phenoxy) is 1. The Morgan fingerprint density at radius 3 is 2.50 bits per heavy atom. The van der Waals surface area contributed by atoms with Crippen molar-refractivity contribution < 1.29 is 9.53 Å². The van der Waals surface area contributed by atoms with Crippen LogP contribution in [0.25, 0.3) is 0 Å². The van der Waals surface area contributed by atoms with E-state index >= 15 is 0 Å². The number of esters is 1. The normalized spacial score (nSPS) is 16.0. The molecule has 0 atom stereocenters. The van der Waals surface area contributed by atoms with E-state index in [0.717, 1.165) is 27.8 Å². The molecule has 1 fully saturated rings. The van der Waals surface area contributed by atoms with Crippen LogP contribution >= 0.6 is 22.6 Å². The van der Waals surface area contributed by atoms with E-state index in [0.29, 0.717) is 11.5 Å². The molecule has 2 rings (SSSR count). The van der Waals surface area contributed by atoms with Gasteiger partial charge in [-0.2, -0.15) is 0 Å². The Labute approximate surface area is 159 Å². The summed E-state index contributed by atoms with van der Waals surface area (Å²) in [5.74, 6) is 0.176. The van der Waals surface area contributed by atoms with Crippen LogP contribution in [0.3, 0.4) is 0 Å². The van der Waals surface area contributed by atoms with Gasteiger partial charge in [0.2, 0.25) is 0 Å². The van der Waals surface area contributed by atoms with Gasteiger partial charge in [0.1, 0.15) is 10.3 Å². The highest BCUT2D eigenvalue weighted by Gasteiger charge is 2.33. The van der Waals surface area contributed by atoms with Crippen LogP contribution in [0, 0.1) is 10.6 Å². The average molecular weight is 441 g/mol. The molecule has 0 amide bonds. The Bertz CT molecular complexity index is 626. The Hall–Kier alpha value is -0.910. The summed E-state index contributed by atoms with van der Waals surface area (Å²) in [7, 11) is 0. The predicted octanol–water partition coefficient (Wildman–Crippen LogP) is 5.68. The van der Waals surface area contributed by atoms with E-state index in [1.165, 1.54) is 24.8 Å². The molecule has 0 bridgehead atoms. The van der Waals surface area contributed by atoms with E-state index in [1.54, 1.807) is 6.08 Å². The molecule has 0 saturated heterocycles. The van der Waals surface area contributed by atoms with Gasteiger partial charge in [-0.05, 0) is 59.4 Å². The zero-order valence-corrected chi connectivity index (χ0v) is 17.4. The number of nitrogens with zero attached hydrogens (tertiary/aromatic N) is 1. The van der Waals surface area contributed by atoms with Crippen molar-refractivity contribution in [2.24, 2.45) is 0 Å². The maximum absolute atomic E-state index is 12.9. The molecule has 1 heterocycles. The molecule has 24 heavy (non-hydrogen) atoms. The highest BCUT2D eigenvalue weighted by molar-refractivity contribution is 14.1. The molecule has 0 radical (unpaired) electrons. The molecule has 1 aromatic rings. The second-order valence-corrected chi connectivity index (χ2v) is 8.66. The number of halogens is 1. The number of carbonyl (C=O) groups is 1. The fourth-order valence-electron chi connectivity index (χ4n) is 3.52. The van der Waals surface area contributed by atoms with Crippen LogP contribution in [-0.2, 0) is 10.2 Å². The van der Waals surface area contributed by atoms with Crippen LogP contribution in [0.1, 0.15) is 86.0 Å². The van der Waals surface area contributed by atoms with Gasteiger partial charge in [0, 0.05) is 5.41 Å². The van der Waals surface area contributed by atoms with Crippen molar-refractivity contribution in [2.75, 3.05) is 6.61 Å². The maximum Gasteiger partial charge on any atom is 0.340 e. The molecule has 0 aromatic carbocycles. The second kappa shape index (κ2) is 7.98. The van der Waals surface area contributed by atoms with Crippen molar-refractivity contribution in [2.45, 2.75) is 71.1 Å². The average Bonchev–Trinajstić information content (AvgIpc) is 2.54. The number of hydrogen-bond donors (Lipinski definition) is 0. The number of hydrogen-bond acceptors (Lipinski definition) is 3. The van der Waals surface area contributed by atoms with E-state index in [1.807, 2.05) is 0 Å². The van der Waals surface area contributed by atoms with E-state index < -0.39 is 0 Å². The summed E-state index contributed by atoms with van der Waals surface area (Å²) in [6.45, 7) is 12.3. The first-order valence-electron chi connectivity index (χ1n) is 8.75. The summed E-state index contributed by atoms with van der Waals surface area (Å²) in [6.07, 6.45) is 7.66. The minimum absolute atomic E-state index is 0.209. The van der Waals surface area contributed by atoms with Gasteiger partial charge in [0.25, 0.3) is 0 Å². The summed E-state index contributed by atoms with van der Waals surface area (Å²) in [5, 5.41) is 0. The van der Waals surface area contributed by atoms with E-state index in [2.05, 4.69) is 56.9 Å². The highest BCUT2D eigenvalue weighted by Crippen LogP contribution is 2.40. The first-order chi connectivity index (χ1) is 11.3. The maximum atomic E-state index is 12.9. The second-order valence-electron chi connectivity index (χ2n) is 7.64. The van der Waals surface area contributed by atoms with E-state index in [4.69, 9.17) is 9.72 Å². The largest absolute Gasteiger partial charge is 0.458 e. The fraction of sp³-hybridized carbons (Fsp3) is 0.600. The van der Waals surface area contributed by atoms with Crippen molar-refractivity contribution in [3.63, 3.8) is 0 Å². The predicted molar refractivity (Wildman–Crippen MR) is 107 cm³/mol. The van der Waals surface area contributed by atoms with Crippen LogP contribution in [0.5, 0.6) is 0 Å². The third-order valence-corrected chi connectivity index (χ3v) is 5.74. The number of rotatable bonds is 4. The lowest BCUT2D eigenvalue weighted by Crippen LogP contribution is -2.25. The van der Waals surface area contributed by atoms with Crippen LogP contribution in [0.15, 0.2) is 12.7 Å². The minimum atomic E-state index is -0.257. The Balaban J connectivity index is 2.66. The molecular weight excluding hydrogens is 413 g/mol. The molecule has 1 aliphatic rings. The minimum Gasteiger partial charge on any atom is -0.458 e. The SMILES string of the molecule is C=CCOC(=O)c1c(C(C)(C)C)nc(I)c(C)c1C1CCCCC1. The zero-order valence-electron chi connectivity index (χ0n) is 15.2. The van der Waals surface area contributed by atoms with Gasteiger partial charge >= 0.3 is 5.97 Å². The molecular formula is C20H28INO2. The molecule has 1 aromatic heterocycles. The van der Waals surface area contributed by atoms with Crippen molar-refractivity contribution in [3.8, 4) is 0 Å². The Morgan fingerprint density at radius 2 is 1.96 bits per heavy atom. The standard InChI is InChI=1S/C20H28INO2/c1-6-12-24-19(23)16-15(14-10-8-7-9-11-14)13(2)18(21)22-17(16)20(3,4)5/h6,14H,1,7-12H2,2-5H3. The summed E-state index contributed by atoms with van der Waals surface area (Å²) < 4.78 is 6.44. The molecule has 4 heteroatoms. The summed E-state index contributed by atoms with van der Waals surface area (Å²) in [5.41, 5.74) is 3.66. The van der Waals surface area contributed by atoms with E-state index in [-0.39, 0.29) is 18.0 Å². The number of carbonyl (C=O) groups excluding carboxylic acids is 1. The lowest BCUT2D eigenvalue weighted by Gasteiger charge is -2.30. The Kier molecular flexibility index (Phi) is 6.46. The van der Waals surface area contributed by atoms with Gasteiger partial charge < -0.3 is 4.74 Å². The van der Waals surface area contributed by atoms with Crippen LogP contribution in [0.4, 0.5) is 0 Å². The van der Waals surface area contributed by atoms with Crippen molar-refractivity contribution >= 4 is 28.6 Å². The highest BCUT2D eigenvalue weighted by atomic mass is 127. The van der Waals surface area contributed by atoms with E-state index in [9.17, 15) is 4.79 Å². The molecule has 1 aliphatic carbocycles. The van der Waals surface area contributed by atoms with Crippen LogP contribution in [-0.4, -0.2) is 17.6 Å². The first kappa shape index (κ1) is 19.4. The molecule has 0 aliphatic heterocycles. The monoisotopic (exact) mass is 441 g/mol. The quantitative estimate of drug-likeness (QED) is 0.261. The summed E-state index contributed by atoms with van der Waals surface area (Å²) >= 11 is 2.30. The molecule has 0 spiro atoms. The molecule has 132 valence electrons. The van der Waals surface area contributed by atoms with Crippen LogP contribution < -0.4 is 0 Å². The molecule has 1 saturated carbocycles. The Morgan fingerprint density at radius 1 is 1.33 bits per heavy atom. The summed E-state index contributed by atoms with van der Waals surface area (Å²) in [6, 6.07) is 0. The lowest BCUT2D eigenvalue weighted by atomic mass is 9.77. The van der Waals surface area contributed by atoms with Crippen LogP contribution in [0.2, 0.25) is 0 Å². The van der Waals surface area contributed by atoms with Gasteiger partial charge in [-0.25, -0.2) is 9.78 Å². The van der Waals surface area contributed by atoms with Crippen molar-refractivity contribution in [1.29, 1.82) is 0 Å². The van der Waals surface area contributed by atoms with Gasteiger partial charge in [0.15, 0.2) is 0 Å². The van der Waals surface area contributed by atoms with Gasteiger partial charge in [-0.15, -0.1) is 0 Å². The van der Waals surface area contributed by atoms with Crippen molar-refractivity contribution in [3.05, 3.63) is 38.7 Å². The van der Waals surface area contributed by atoms with Gasteiger partial charge in [0.05, 0.1) is 11.3 Å². The molecule has 3 nitrogen and oxygen atoms in total. The fourth-order valence-corrected chi connectivity index (χ4v) is 4.05. The molecule has 0 unspecified atom stereocenters. The number of pyridine rings is 1. The lowest BCUT2D eigenvalue weighted by molar-refractivity contribution is 0.0543. The number of aromatic nitrogens is 1. The van der Waals surface area contributed by atoms with Gasteiger partial charge in [-0.3, -0.25) is 0 Å². The third kappa shape index (κ3) is 4.19. The molecule has 0 N–H and O–H groups in total. The van der Waals surface area contributed by atoms with Gasteiger partial charge in [-0.1, -0.05) is 52.7 Å². The first-order valence-corrected chi connectivity index (χ1v) is 9.83. The zero-order chi connectivity index (χ0) is 17.9. The van der Waals surface area contributed by atoms with Crippen molar-refractivity contribution in [1.82, 2.24) is 4.98 Å². The summed E-state index contributed by atoms with van der Waals surface area (Å²) in [4.78, 5) is 17.7.